The fraction of sp³-hybridized carbons (Fsp3) is 0.0667. The molecule has 0 aliphatic rings. The van der Waals surface area contributed by atoms with Gasteiger partial charge in [0.1, 0.15) is 5.82 Å². The molecule has 0 radical (unpaired) electrons. The summed E-state index contributed by atoms with van der Waals surface area (Å²) in [5, 5.41) is 4.94. The van der Waals surface area contributed by atoms with Crippen LogP contribution in [0.15, 0.2) is 46.9 Å². The first kappa shape index (κ1) is 13.5. The van der Waals surface area contributed by atoms with Crippen LogP contribution in [0.5, 0.6) is 0 Å². The number of hydrogen-bond acceptors (Lipinski definition) is 1. The first-order valence-electron chi connectivity index (χ1n) is 6.09. The Balaban J connectivity index is 1.83. The van der Waals surface area contributed by atoms with E-state index in [4.69, 9.17) is 11.6 Å². The molecular formula is C15H11BrClFN2. The molecule has 3 rings (SSSR count). The Morgan fingerprint density at radius 1 is 1.20 bits per heavy atom. The molecule has 0 aliphatic heterocycles. The molecule has 102 valence electrons. The van der Waals surface area contributed by atoms with Crippen molar-refractivity contribution in [1.29, 1.82) is 0 Å². The first-order valence-corrected chi connectivity index (χ1v) is 7.26. The Morgan fingerprint density at radius 2 is 2.00 bits per heavy atom. The molecule has 0 atom stereocenters. The van der Waals surface area contributed by atoms with Gasteiger partial charge in [-0.05, 0) is 40.2 Å². The van der Waals surface area contributed by atoms with Gasteiger partial charge in [-0.2, -0.15) is 0 Å². The number of fused-ring (bicyclic) bond motifs is 1. The molecule has 0 saturated heterocycles. The number of halogens is 3. The Hall–Kier alpha value is -1.52. The Labute approximate surface area is 129 Å². The molecule has 0 amide bonds. The molecule has 0 spiro atoms. The predicted octanol–water partition coefficient (Wildman–Crippen LogP) is 5.34. The highest BCUT2D eigenvalue weighted by Crippen LogP contribution is 2.28. The van der Waals surface area contributed by atoms with E-state index >= 15 is 0 Å². The number of benzene rings is 2. The molecule has 5 heteroatoms. The fourth-order valence-corrected chi connectivity index (χ4v) is 2.74. The number of para-hydroxylation sites is 1. The van der Waals surface area contributed by atoms with Crippen LogP contribution in [-0.2, 0) is 6.54 Å². The van der Waals surface area contributed by atoms with E-state index in [9.17, 15) is 4.39 Å². The van der Waals surface area contributed by atoms with Gasteiger partial charge in [0.25, 0.3) is 0 Å². The van der Waals surface area contributed by atoms with Crippen molar-refractivity contribution in [3.8, 4) is 0 Å². The van der Waals surface area contributed by atoms with Crippen LogP contribution >= 0.6 is 27.5 Å². The van der Waals surface area contributed by atoms with E-state index < -0.39 is 0 Å². The number of aromatic amines is 1. The average Bonchev–Trinajstić information content (AvgIpc) is 2.77. The van der Waals surface area contributed by atoms with Crippen molar-refractivity contribution in [2.45, 2.75) is 6.54 Å². The van der Waals surface area contributed by atoms with Gasteiger partial charge in [0.05, 0.1) is 21.7 Å². The summed E-state index contributed by atoms with van der Waals surface area (Å²) < 4.78 is 13.6. The molecule has 2 aromatic carbocycles. The van der Waals surface area contributed by atoms with Crippen LogP contribution in [0, 0.1) is 5.82 Å². The molecule has 20 heavy (non-hydrogen) atoms. The second-order valence-corrected chi connectivity index (χ2v) is 5.68. The average molecular weight is 354 g/mol. The summed E-state index contributed by atoms with van der Waals surface area (Å²) in [6, 6.07) is 12.7. The minimum absolute atomic E-state index is 0.279. The van der Waals surface area contributed by atoms with E-state index in [0.29, 0.717) is 16.0 Å². The van der Waals surface area contributed by atoms with E-state index in [-0.39, 0.29) is 5.82 Å². The summed E-state index contributed by atoms with van der Waals surface area (Å²) in [4.78, 5) is 3.28. The van der Waals surface area contributed by atoms with Crippen LogP contribution in [0.4, 0.5) is 10.1 Å². The Bertz CT molecular complexity index is 770. The standard InChI is InChI=1S/C15H11BrClFN2/c16-11-7-9(5-6-12(11)18)19-8-14-15(17)10-3-1-2-4-13(10)20-14/h1-7,19-20H,8H2. The quantitative estimate of drug-likeness (QED) is 0.654. The SMILES string of the molecule is Fc1ccc(NCc2[nH]c3ccccc3c2Cl)cc1Br. The maximum atomic E-state index is 13.2. The van der Waals surface area contributed by atoms with Gasteiger partial charge in [0, 0.05) is 16.6 Å². The highest BCUT2D eigenvalue weighted by molar-refractivity contribution is 9.10. The van der Waals surface area contributed by atoms with Gasteiger partial charge in [-0.15, -0.1) is 0 Å². The Kier molecular flexibility index (Phi) is 3.68. The summed E-state index contributed by atoms with van der Waals surface area (Å²) in [6.45, 7) is 0.547. The van der Waals surface area contributed by atoms with E-state index in [0.717, 1.165) is 22.3 Å². The van der Waals surface area contributed by atoms with Gasteiger partial charge in [0.2, 0.25) is 0 Å². The van der Waals surface area contributed by atoms with Crippen molar-refractivity contribution in [1.82, 2.24) is 4.98 Å². The minimum Gasteiger partial charge on any atom is -0.379 e. The van der Waals surface area contributed by atoms with Gasteiger partial charge >= 0.3 is 0 Å². The van der Waals surface area contributed by atoms with Crippen LogP contribution in [0.25, 0.3) is 10.9 Å². The highest BCUT2D eigenvalue weighted by Gasteiger charge is 2.08. The largest absolute Gasteiger partial charge is 0.379 e. The summed E-state index contributed by atoms with van der Waals surface area (Å²) in [5.74, 6) is -0.279. The minimum atomic E-state index is -0.279. The third-order valence-electron chi connectivity index (χ3n) is 3.10. The first-order chi connectivity index (χ1) is 9.65. The maximum Gasteiger partial charge on any atom is 0.137 e. The third-order valence-corrected chi connectivity index (χ3v) is 4.14. The number of H-pyrrole nitrogens is 1. The summed E-state index contributed by atoms with van der Waals surface area (Å²) in [6.07, 6.45) is 0. The van der Waals surface area contributed by atoms with Gasteiger partial charge in [0.15, 0.2) is 0 Å². The van der Waals surface area contributed by atoms with Crippen LogP contribution in [0.3, 0.4) is 0 Å². The number of anilines is 1. The topological polar surface area (TPSA) is 27.8 Å². The number of aromatic nitrogens is 1. The molecule has 0 fully saturated rings. The smallest absolute Gasteiger partial charge is 0.137 e. The van der Waals surface area contributed by atoms with E-state index in [1.165, 1.54) is 6.07 Å². The summed E-state index contributed by atoms with van der Waals surface area (Å²) in [5.41, 5.74) is 2.75. The number of rotatable bonds is 3. The predicted molar refractivity (Wildman–Crippen MR) is 84.7 cm³/mol. The highest BCUT2D eigenvalue weighted by atomic mass is 79.9. The lowest BCUT2D eigenvalue weighted by Gasteiger charge is -2.06. The lowest BCUT2D eigenvalue weighted by atomic mass is 10.2. The van der Waals surface area contributed by atoms with Crippen molar-refractivity contribution >= 4 is 44.1 Å². The normalized spacial score (nSPS) is 10.9. The van der Waals surface area contributed by atoms with Crippen molar-refractivity contribution in [2.75, 3.05) is 5.32 Å². The van der Waals surface area contributed by atoms with Crippen LogP contribution < -0.4 is 5.32 Å². The molecule has 2 nitrogen and oxygen atoms in total. The lowest BCUT2D eigenvalue weighted by Crippen LogP contribution is -2.00. The summed E-state index contributed by atoms with van der Waals surface area (Å²) >= 11 is 9.51. The molecule has 0 aliphatic carbocycles. The molecule has 0 bridgehead atoms. The zero-order valence-electron chi connectivity index (χ0n) is 10.4. The van der Waals surface area contributed by atoms with Crippen molar-refractivity contribution in [2.24, 2.45) is 0 Å². The van der Waals surface area contributed by atoms with Gasteiger partial charge in [-0.3, -0.25) is 0 Å². The van der Waals surface area contributed by atoms with E-state index in [1.54, 1.807) is 12.1 Å². The maximum absolute atomic E-state index is 13.2. The molecule has 0 saturated carbocycles. The van der Waals surface area contributed by atoms with Gasteiger partial charge in [-0.25, -0.2) is 4.39 Å². The van der Waals surface area contributed by atoms with Gasteiger partial charge in [-0.1, -0.05) is 29.8 Å². The van der Waals surface area contributed by atoms with Gasteiger partial charge < -0.3 is 10.3 Å². The molecule has 0 unspecified atom stereocenters. The summed E-state index contributed by atoms with van der Waals surface area (Å²) in [7, 11) is 0. The number of hydrogen-bond donors (Lipinski definition) is 2. The molecule has 1 heterocycles. The van der Waals surface area contributed by atoms with Crippen LogP contribution in [0.1, 0.15) is 5.69 Å². The third kappa shape index (κ3) is 2.53. The second-order valence-electron chi connectivity index (χ2n) is 4.45. The Morgan fingerprint density at radius 3 is 2.75 bits per heavy atom. The zero-order chi connectivity index (χ0) is 14.1. The second kappa shape index (κ2) is 5.46. The van der Waals surface area contributed by atoms with E-state index in [1.807, 2.05) is 24.3 Å². The van der Waals surface area contributed by atoms with Crippen molar-refractivity contribution in [3.63, 3.8) is 0 Å². The van der Waals surface area contributed by atoms with Crippen molar-refractivity contribution in [3.05, 3.63) is 63.5 Å². The molecule has 1 aromatic heterocycles. The zero-order valence-corrected chi connectivity index (χ0v) is 12.7. The van der Waals surface area contributed by atoms with Crippen molar-refractivity contribution < 1.29 is 4.39 Å². The lowest BCUT2D eigenvalue weighted by molar-refractivity contribution is 0.621. The number of nitrogens with one attached hydrogen (secondary N) is 2. The van der Waals surface area contributed by atoms with Crippen LogP contribution in [0.2, 0.25) is 5.02 Å². The molecule has 3 aromatic rings. The fourth-order valence-electron chi connectivity index (χ4n) is 2.08. The molecule has 2 N–H and O–H groups in total. The van der Waals surface area contributed by atoms with Crippen LogP contribution in [-0.4, -0.2) is 4.98 Å². The molecular weight excluding hydrogens is 343 g/mol. The monoisotopic (exact) mass is 352 g/mol. The van der Waals surface area contributed by atoms with E-state index in [2.05, 4.69) is 26.2 Å².